The zero-order valence-electron chi connectivity index (χ0n) is 10.2. The molecule has 0 spiro atoms. The van der Waals surface area contributed by atoms with Gasteiger partial charge in [-0.15, -0.1) is 11.3 Å². The van der Waals surface area contributed by atoms with Crippen molar-refractivity contribution in [3.8, 4) is 0 Å². The summed E-state index contributed by atoms with van der Waals surface area (Å²) >= 11 is 1.09. The minimum absolute atomic E-state index is 0.169. The second-order valence-corrected chi connectivity index (χ2v) is 5.59. The van der Waals surface area contributed by atoms with Gasteiger partial charge >= 0.3 is 6.18 Å². The van der Waals surface area contributed by atoms with Gasteiger partial charge in [0.25, 0.3) is 0 Å². The van der Waals surface area contributed by atoms with Crippen LogP contribution in [-0.4, -0.2) is 18.6 Å². The van der Waals surface area contributed by atoms with Crippen LogP contribution in [0.15, 0.2) is 0 Å². The van der Waals surface area contributed by atoms with Gasteiger partial charge in [-0.3, -0.25) is 0 Å². The number of rotatable bonds is 3. The van der Waals surface area contributed by atoms with E-state index in [4.69, 9.17) is 4.74 Å². The number of halogens is 3. The number of nitrogens with zero attached hydrogens (tertiary/aromatic N) is 1. The largest absolute Gasteiger partial charge is 0.434 e. The predicted octanol–water partition coefficient (Wildman–Crippen LogP) is 2.91. The first-order valence-corrected chi connectivity index (χ1v) is 6.54. The molecule has 102 valence electrons. The molecule has 0 amide bonds. The Labute approximate surface area is 107 Å². The van der Waals surface area contributed by atoms with Crippen LogP contribution in [-0.2, 0) is 23.1 Å². The molecule has 1 unspecified atom stereocenters. The highest BCUT2D eigenvalue weighted by Gasteiger charge is 2.41. The quantitative estimate of drug-likeness (QED) is 0.924. The summed E-state index contributed by atoms with van der Waals surface area (Å²) in [4.78, 5) is 4.00. The summed E-state index contributed by atoms with van der Waals surface area (Å²) in [7, 11) is 1.62. The van der Waals surface area contributed by atoms with E-state index in [1.165, 1.54) is 0 Å². The van der Waals surface area contributed by atoms with Crippen molar-refractivity contribution in [2.45, 2.75) is 38.1 Å². The minimum atomic E-state index is -4.41. The van der Waals surface area contributed by atoms with Crippen molar-refractivity contribution < 1.29 is 17.9 Å². The Morgan fingerprint density at radius 2 is 2.22 bits per heavy atom. The van der Waals surface area contributed by atoms with Crippen molar-refractivity contribution in [2.24, 2.45) is 0 Å². The highest BCUT2D eigenvalue weighted by Crippen LogP contribution is 2.42. The number of alkyl halides is 3. The summed E-state index contributed by atoms with van der Waals surface area (Å²) in [6, 6.07) is 0. The van der Waals surface area contributed by atoms with Crippen molar-refractivity contribution in [2.75, 3.05) is 13.7 Å². The first-order chi connectivity index (χ1) is 8.37. The van der Waals surface area contributed by atoms with Gasteiger partial charge in [0.05, 0.1) is 4.88 Å². The average Bonchev–Trinajstić information content (AvgIpc) is 2.85. The van der Waals surface area contributed by atoms with E-state index in [9.17, 15) is 13.2 Å². The van der Waals surface area contributed by atoms with E-state index in [-0.39, 0.29) is 11.4 Å². The fourth-order valence-corrected chi connectivity index (χ4v) is 3.25. The third-order valence-corrected chi connectivity index (χ3v) is 4.27. The molecule has 0 saturated carbocycles. The predicted molar refractivity (Wildman–Crippen MR) is 62.4 cm³/mol. The molecular formula is C11H15F3N2OS. The van der Waals surface area contributed by atoms with Crippen molar-refractivity contribution in [3.05, 3.63) is 15.6 Å². The van der Waals surface area contributed by atoms with Gasteiger partial charge in [-0.1, -0.05) is 0 Å². The molecule has 1 atom stereocenters. The molecule has 0 radical (unpaired) electrons. The van der Waals surface area contributed by atoms with Gasteiger partial charge in [0.15, 0.2) is 5.69 Å². The molecule has 0 aliphatic carbocycles. The van der Waals surface area contributed by atoms with Gasteiger partial charge in [0.1, 0.15) is 10.6 Å². The lowest BCUT2D eigenvalue weighted by molar-refractivity contribution is -0.141. The van der Waals surface area contributed by atoms with Crippen LogP contribution in [0, 0.1) is 0 Å². The lowest BCUT2D eigenvalue weighted by Gasteiger charge is -2.19. The monoisotopic (exact) mass is 280 g/mol. The SMILES string of the molecule is CNCc1sc(C2(C)CCCO2)nc1C(F)(F)F. The van der Waals surface area contributed by atoms with E-state index in [0.717, 1.165) is 24.2 Å². The molecule has 1 N–H and O–H groups in total. The zero-order valence-corrected chi connectivity index (χ0v) is 11.0. The Morgan fingerprint density at radius 1 is 1.50 bits per heavy atom. The third-order valence-electron chi connectivity index (χ3n) is 2.97. The maximum absolute atomic E-state index is 12.9. The van der Waals surface area contributed by atoms with Crippen LogP contribution in [0.1, 0.15) is 35.3 Å². The average molecular weight is 280 g/mol. The van der Waals surface area contributed by atoms with Gasteiger partial charge < -0.3 is 10.1 Å². The molecule has 18 heavy (non-hydrogen) atoms. The number of hydrogen-bond donors (Lipinski definition) is 1. The van der Waals surface area contributed by atoms with Crippen LogP contribution in [0.2, 0.25) is 0 Å². The normalized spacial score (nSPS) is 24.7. The van der Waals surface area contributed by atoms with Gasteiger partial charge in [0.2, 0.25) is 0 Å². The molecule has 0 aromatic carbocycles. The molecule has 1 aromatic heterocycles. The molecular weight excluding hydrogens is 265 g/mol. The summed E-state index contributed by atoms with van der Waals surface area (Å²) < 4.78 is 44.2. The van der Waals surface area contributed by atoms with Crippen molar-refractivity contribution in [1.82, 2.24) is 10.3 Å². The lowest BCUT2D eigenvalue weighted by Crippen LogP contribution is -2.20. The van der Waals surface area contributed by atoms with Crippen molar-refractivity contribution in [3.63, 3.8) is 0 Å². The zero-order chi connectivity index (χ0) is 13.4. The molecule has 1 aliphatic rings. The van der Waals surface area contributed by atoms with E-state index in [1.807, 2.05) is 6.92 Å². The van der Waals surface area contributed by atoms with Crippen LogP contribution in [0.3, 0.4) is 0 Å². The number of ether oxygens (including phenoxy) is 1. The third kappa shape index (κ3) is 2.53. The van der Waals surface area contributed by atoms with Crippen LogP contribution < -0.4 is 5.32 Å². The number of hydrogen-bond acceptors (Lipinski definition) is 4. The van der Waals surface area contributed by atoms with Crippen LogP contribution >= 0.6 is 11.3 Å². The van der Waals surface area contributed by atoms with Gasteiger partial charge in [-0.05, 0) is 26.8 Å². The van der Waals surface area contributed by atoms with Crippen molar-refractivity contribution >= 4 is 11.3 Å². The molecule has 1 fully saturated rings. The summed E-state index contributed by atoms with van der Waals surface area (Å²) in [5, 5.41) is 3.17. The second kappa shape index (κ2) is 4.79. The molecule has 2 heterocycles. The highest BCUT2D eigenvalue weighted by molar-refractivity contribution is 7.11. The second-order valence-electron chi connectivity index (χ2n) is 4.50. The summed E-state index contributed by atoms with van der Waals surface area (Å²) in [6.45, 7) is 2.56. The fourth-order valence-electron chi connectivity index (χ4n) is 2.03. The lowest BCUT2D eigenvalue weighted by atomic mass is 10.0. The molecule has 7 heteroatoms. The Hall–Kier alpha value is -0.660. The topological polar surface area (TPSA) is 34.1 Å². The standard InChI is InChI=1S/C11H15F3N2OS/c1-10(4-3-5-17-10)9-16-8(11(12,13)14)7(18-9)6-15-2/h15H,3-6H2,1-2H3. The van der Waals surface area contributed by atoms with Crippen LogP contribution in [0.4, 0.5) is 13.2 Å². The maximum atomic E-state index is 12.9. The van der Waals surface area contributed by atoms with E-state index in [2.05, 4.69) is 10.3 Å². The Kier molecular flexibility index (Phi) is 3.66. The van der Waals surface area contributed by atoms with Gasteiger partial charge in [-0.25, -0.2) is 4.98 Å². The molecule has 2 rings (SSSR count). The first-order valence-electron chi connectivity index (χ1n) is 5.73. The fraction of sp³-hybridized carbons (Fsp3) is 0.727. The maximum Gasteiger partial charge on any atom is 0.434 e. The first kappa shape index (κ1) is 13.8. The van der Waals surface area contributed by atoms with E-state index < -0.39 is 17.5 Å². The van der Waals surface area contributed by atoms with Crippen LogP contribution in [0.5, 0.6) is 0 Å². The number of thiazole rings is 1. The van der Waals surface area contributed by atoms with Crippen LogP contribution in [0.25, 0.3) is 0 Å². The van der Waals surface area contributed by atoms with Gasteiger partial charge in [0, 0.05) is 13.2 Å². The van der Waals surface area contributed by atoms with E-state index >= 15 is 0 Å². The molecule has 1 aromatic rings. The minimum Gasteiger partial charge on any atom is -0.368 e. The molecule has 3 nitrogen and oxygen atoms in total. The number of aromatic nitrogens is 1. The van der Waals surface area contributed by atoms with Gasteiger partial charge in [-0.2, -0.15) is 13.2 Å². The van der Waals surface area contributed by atoms with E-state index in [0.29, 0.717) is 11.6 Å². The summed E-state index contributed by atoms with van der Waals surface area (Å²) in [5.41, 5.74) is -1.44. The Balaban J connectivity index is 2.39. The summed E-state index contributed by atoms with van der Waals surface area (Å²) in [5.74, 6) is 0. The van der Waals surface area contributed by atoms with Crippen molar-refractivity contribution in [1.29, 1.82) is 0 Å². The smallest absolute Gasteiger partial charge is 0.368 e. The Morgan fingerprint density at radius 3 is 2.72 bits per heavy atom. The molecule has 1 saturated heterocycles. The molecule has 0 bridgehead atoms. The highest BCUT2D eigenvalue weighted by atomic mass is 32.1. The summed E-state index contributed by atoms with van der Waals surface area (Å²) in [6.07, 6.45) is -2.83. The Bertz CT molecular complexity index is 424. The van der Waals surface area contributed by atoms with E-state index in [1.54, 1.807) is 7.05 Å². The number of nitrogens with one attached hydrogen (secondary N) is 1. The molecule has 1 aliphatic heterocycles.